The number of benzene rings is 1. The van der Waals surface area contributed by atoms with Crippen molar-refractivity contribution in [1.82, 2.24) is 9.78 Å². The highest BCUT2D eigenvalue weighted by molar-refractivity contribution is 6.33. The molecule has 0 bridgehead atoms. The van der Waals surface area contributed by atoms with Gasteiger partial charge in [0.15, 0.2) is 0 Å². The number of hydrogen-bond donors (Lipinski definition) is 0. The van der Waals surface area contributed by atoms with E-state index in [-0.39, 0.29) is 0 Å². The van der Waals surface area contributed by atoms with Gasteiger partial charge in [-0.15, -0.1) is 0 Å². The molecule has 1 fully saturated rings. The third kappa shape index (κ3) is 2.71. The fourth-order valence-electron chi connectivity index (χ4n) is 2.88. The minimum atomic E-state index is 0.581. The molecule has 0 N–H and O–H groups in total. The van der Waals surface area contributed by atoms with Gasteiger partial charge in [-0.2, -0.15) is 10.4 Å². The van der Waals surface area contributed by atoms with Crippen molar-refractivity contribution in [2.24, 2.45) is 5.92 Å². The Morgan fingerprint density at radius 1 is 1.35 bits per heavy atom. The van der Waals surface area contributed by atoms with E-state index in [9.17, 15) is 0 Å². The Kier molecular flexibility index (Phi) is 3.75. The Bertz CT molecular complexity index is 648. The van der Waals surface area contributed by atoms with E-state index in [1.54, 1.807) is 12.1 Å². The monoisotopic (exact) mass is 285 g/mol. The van der Waals surface area contributed by atoms with Crippen LogP contribution in [0.3, 0.4) is 0 Å². The summed E-state index contributed by atoms with van der Waals surface area (Å²) in [5.41, 5.74) is 2.53. The Morgan fingerprint density at radius 3 is 2.85 bits per heavy atom. The first-order valence-electron chi connectivity index (χ1n) is 6.99. The zero-order chi connectivity index (χ0) is 13.9. The molecule has 1 saturated carbocycles. The maximum atomic E-state index is 8.86. The normalized spacial score (nSPS) is 15.4. The summed E-state index contributed by atoms with van der Waals surface area (Å²) < 4.78 is 2.01. The first-order valence-corrected chi connectivity index (χ1v) is 7.36. The van der Waals surface area contributed by atoms with Gasteiger partial charge in [-0.1, -0.05) is 30.5 Å². The smallest absolute Gasteiger partial charge is 0.0992 e. The fourth-order valence-corrected chi connectivity index (χ4v) is 3.17. The molecular formula is C16H16ClN3. The quantitative estimate of drug-likeness (QED) is 0.845. The van der Waals surface area contributed by atoms with Crippen molar-refractivity contribution >= 4 is 11.6 Å². The van der Waals surface area contributed by atoms with Gasteiger partial charge in [0.05, 0.1) is 17.8 Å². The minimum absolute atomic E-state index is 0.581. The second-order valence-corrected chi connectivity index (χ2v) is 5.82. The third-order valence-electron chi connectivity index (χ3n) is 3.96. The molecule has 1 aromatic carbocycles. The molecule has 1 aromatic heterocycles. The predicted octanol–water partition coefficient (Wildman–Crippen LogP) is 4.27. The van der Waals surface area contributed by atoms with E-state index in [4.69, 9.17) is 16.9 Å². The summed E-state index contributed by atoms with van der Waals surface area (Å²) in [6, 6.07) is 7.47. The molecule has 0 aliphatic heterocycles. The molecule has 0 atom stereocenters. The number of nitriles is 1. The van der Waals surface area contributed by atoms with Crippen LogP contribution in [0.1, 0.15) is 31.2 Å². The molecule has 0 saturated heterocycles. The van der Waals surface area contributed by atoms with Crippen LogP contribution < -0.4 is 0 Å². The van der Waals surface area contributed by atoms with E-state index in [0.717, 1.165) is 23.6 Å². The second kappa shape index (κ2) is 5.68. The van der Waals surface area contributed by atoms with E-state index in [0.29, 0.717) is 10.6 Å². The SMILES string of the molecule is N#Cc1ccc(-c2cnn(CC3CCCC3)c2)c(Cl)c1. The molecule has 1 heterocycles. The lowest BCUT2D eigenvalue weighted by Crippen LogP contribution is -2.07. The van der Waals surface area contributed by atoms with Crippen LogP contribution in [-0.4, -0.2) is 9.78 Å². The zero-order valence-electron chi connectivity index (χ0n) is 11.2. The first-order chi connectivity index (χ1) is 9.76. The number of rotatable bonds is 3. The van der Waals surface area contributed by atoms with Crippen molar-refractivity contribution in [2.75, 3.05) is 0 Å². The van der Waals surface area contributed by atoms with Crippen LogP contribution in [0.15, 0.2) is 30.6 Å². The van der Waals surface area contributed by atoms with Crippen molar-refractivity contribution in [1.29, 1.82) is 5.26 Å². The van der Waals surface area contributed by atoms with Crippen LogP contribution in [0.5, 0.6) is 0 Å². The lowest BCUT2D eigenvalue weighted by Gasteiger charge is -2.08. The standard InChI is InChI=1S/C16H16ClN3/c17-16-7-13(8-18)5-6-15(16)14-9-19-20(11-14)10-12-3-1-2-4-12/h5-7,9,11-12H,1-4,10H2. The molecule has 4 heteroatoms. The average molecular weight is 286 g/mol. The van der Waals surface area contributed by atoms with E-state index in [1.807, 2.05) is 23.1 Å². The van der Waals surface area contributed by atoms with Crippen molar-refractivity contribution in [3.8, 4) is 17.2 Å². The zero-order valence-corrected chi connectivity index (χ0v) is 12.0. The van der Waals surface area contributed by atoms with E-state index in [1.165, 1.54) is 25.7 Å². The van der Waals surface area contributed by atoms with Crippen LogP contribution in [0.4, 0.5) is 0 Å². The average Bonchev–Trinajstić information content (AvgIpc) is 3.11. The number of halogens is 1. The summed E-state index contributed by atoms with van der Waals surface area (Å²) in [4.78, 5) is 0. The maximum Gasteiger partial charge on any atom is 0.0992 e. The highest BCUT2D eigenvalue weighted by atomic mass is 35.5. The van der Waals surface area contributed by atoms with Crippen LogP contribution in [0.25, 0.3) is 11.1 Å². The van der Waals surface area contributed by atoms with Gasteiger partial charge >= 0.3 is 0 Å². The molecule has 0 spiro atoms. The van der Waals surface area contributed by atoms with Gasteiger partial charge in [-0.3, -0.25) is 4.68 Å². The molecule has 102 valence electrons. The van der Waals surface area contributed by atoms with Gasteiger partial charge in [-0.25, -0.2) is 0 Å². The van der Waals surface area contributed by atoms with Gasteiger partial charge in [0.25, 0.3) is 0 Å². The van der Waals surface area contributed by atoms with Crippen molar-refractivity contribution in [3.05, 3.63) is 41.2 Å². The van der Waals surface area contributed by atoms with Gasteiger partial charge < -0.3 is 0 Å². The fraction of sp³-hybridized carbons (Fsp3) is 0.375. The Labute approximate surface area is 123 Å². The highest BCUT2D eigenvalue weighted by Gasteiger charge is 2.16. The number of hydrogen-bond acceptors (Lipinski definition) is 2. The molecule has 2 aromatic rings. The van der Waals surface area contributed by atoms with Gasteiger partial charge in [-0.05, 0) is 30.9 Å². The third-order valence-corrected chi connectivity index (χ3v) is 4.28. The molecule has 0 unspecified atom stereocenters. The van der Waals surface area contributed by atoms with Crippen molar-refractivity contribution < 1.29 is 0 Å². The molecule has 20 heavy (non-hydrogen) atoms. The molecule has 3 nitrogen and oxygen atoms in total. The lowest BCUT2D eigenvalue weighted by molar-refractivity contribution is 0.429. The van der Waals surface area contributed by atoms with Crippen molar-refractivity contribution in [2.45, 2.75) is 32.2 Å². The summed E-state index contributed by atoms with van der Waals surface area (Å²) in [7, 11) is 0. The molecule has 3 rings (SSSR count). The Hall–Kier alpha value is -1.79. The lowest BCUT2D eigenvalue weighted by atomic mass is 10.1. The first kappa shape index (κ1) is 13.2. The summed E-state index contributed by atoms with van der Waals surface area (Å²) in [6.07, 6.45) is 9.22. The summed E-state index contributed by atoms with van der Waals surface area (Å²) in [6.45, 7) is 0.994. The van der Waals surface area contributed by atoms with Gasteiger partial charge in [0.1, 0.15) is 0 Å². The van der Waals surface area contributed by atoms with Gasteiger partial charge in [0.2, 0.25) is 0 Å². The second-order valence-electron chi connectivity index (χ2n) is 5.41. The molecule has 1 aliphatic carbocycles. The number of nitrogens with zero attached hydrogens (tertiary/aromatic N) is 3. The summed E-state index contributed by atoms with van der Waals surface area (Å²) in [5.74, 6) is 0.763. The van der Waals surface area contributed by atoms with Gasteiger partial charge in [0, 0.05) is 28.9 Å². The molecular weight excluding hydrogens is 270 g/mol. The maximum absolute atomic E-state index is 8.86. The Balaban J connectivity index is 1.81. The minimum Gasteiger partial charge on any atom is -0.272 e. The summed E-state index contributed by atoms with van der Waals surface area (Å²) >= 11 is 6.23. The molecule has 0 radical (unpaired) electrons. The largest absolute Gasteiger partial charge is 0.272 e. The number of aromatic nitrogens is 2. The van der Waals surface area contributed by atoms with E-state index < -0.39 is 0 Å². The molecule has 1 aliphatic rings. The topological polar surface area (TPSA) is 41.6 Å². The van der Waals surface area contributed by atoms with E-state index in [2.05, 4.69) is 11.2 Å². The van der Waals surface area contributed by atoms with E-state index >= 15 is 0 Å². The van der Waals surface area contributed by atoms with Crippen LogP contribution in [0.2, 0.25) is 5.02 Å². The molecule has 0 amide bonds. The van der Waals surface area contributed by atoms with Crippen LogP contribution in [-0.2, 0) is 6.54 Å². The highest BCUT2D eigenvalue weighted by Crippen LogP contribution is 2.30. The van der Waals surface area contributed by atoms with Crippen LogP contribution >= 0.6 is 11.6 Å². The van der Waals surface area contributed by atoms with Crippen LogP contribution in [0, 0.1) is 17.2 Å². The Morgan fingerprint density at radius 2 is 2.15 bits per heavy atom. The summed E-state index contributed by atoms with van der Waals surface area (Å²) in [5, 5.41) is 13.9. The predicted molar refractivity (Wildman–Crippen MR) is 79.3 cm³/mol. The van der Waals surface area contributed by atoms with Crippen molar-refractivity contribution in [3.63, 3.8) is 0 Å².